The van der Waals surface area contributed by atoms with E-state index in [1.165, 1.54) is 25.8 Å². The van der Waals surface area contributed by atoms with Crippen molar-refractivity contribution in [3.63, 3.8) is 0 Å². The van der Waals surface area contributed by atoms with Crippen LogP contribution in [0.1, 0.15) is 99.5 Å². The van der Waals surface area contributed by atoms with Crippen LogP contribution in [0.25, 0.3) is 22.2 Å². The Kier molecular flexibility index (Phi) is 9.28. The standard InChI is InChI=1S/C36H50N4O6S2/c1-23(2)47(42,43)37-35(41)26-13-15-30-32(19-26)40-22-36(4,48(44,45)39-18-17-27(21-39)38(5)6)24(3)31-20-28(46-7)14-16-29(31)34(40)33(30)25-11-9-8-10-12-25/h13-16,19-20,23-25,27H,8-12,17-18,21-22H2,1-7H3,(H,37,41)/t24?,27-,36?/m1/s1. The molecule has 2 fully saturated rings. The van der Waals surface area contributed by atoms with E-state index in [0.29, 0.717) is 18.8 Å². The minimum absolute atomic E-state index is 0.140. The summed E-state index contributed by atoms with van der Waals surface area (Å²) in [5.74, 6) is -0.162. The van der Waals surface area contributed by atoms with Gasteiger partial charge in [0.1, 0.15) is 10.5 Å². The molecule has 2 unspecified atom stereocenters. The predicted octanol–water partition coefficient (Wildman–Crippen LogP) is 5.67. The number of aromatic nitrogens is 1. The lowest BCUT2D eigenvalue weighted by molar-refractivity contribution is 0.0981. The third-order valence-electron chi connectivity index (χ3n) is 11.4. The first kappa shape index (κ1) is 34.9. The highest BCUT2D eigenvalue weighted by Gasteiger charge is 2.52. The van der Waals surface area contributed by atoms with Crippen LogP contribution in [0.5, 0.6) is 5.75 Å². The fourth-order valence-corrected chi connectivity index (χ4v) is 10.8. The van der Waals surface area contributed by atoms with Crippen LogP contribution in [0.3, 0.4) is 0 Å². The summed E-state index contributed by atoms with van der Waals surface area (Å²) in [6.45, 7) is 8.00. The van der Waals surface area contributed by atoms with Gasteiger partial charge >= 0.3 is 0 Å². The average molecular weight is 699 g/mol. The van der Waals surface area contributed by atoms with Crippen molar-refractivity contribution in [3.05, 3.63) is 53.1 Å². The molecule has 10 nitrogen and oxygen atoms in total. The molecule has 0 spiro atoms. The zero-order valence-corrected chi connectivity index (χ0v) is 30.9. The molecule has 1 aliphatic carbocycles. The lowest BCUT2D eigenvalue weighted by atomic mass is 9.80. The van der Waals surface area contributed by atoms with Gasteiger partial charge in [-0.3, -0.25) is 4.79 Å². The SMILES string of the molecule is COc1ccc2c(c1)C(C)C(C)(S(=O)(=O)N1CC[C@@H](N(C)C)C1)Cn1c-2c(C2CCCCC2)c2ccc(C(=O)NS(=O)(=O)C(C)C)cc21. The molecule has 3 aromatic rings. The van der Waals surface area contributed by atoms with Crippen LogP contribution in [0.15, 0.2) is 36.4 Å². The number of ether oxygens (including phenoxy) is 1. The van der Waals surface area contributed by atoms with Crippen LogP contribution in [0, 0.1) is 0 Å². The molecule has 0 bridgehead atoms. The van der Waals surface area contributed by atoms with Gasteiger partial charge in [0, 0.05) is 53.6 Å². The number of carbonyl (C=O) groups excluding carboxylic acids is 1. The van der Waals surface area contributed by atoms with Gasteiger partial charge in [0.05, 0.1) is 18.1 Å². The normalized spacial score (nSPS) is 24.1. The summed E-state index contributed by atoms with van der Waals surface area (Å²) in [6.07, 6.45) is 6.23. The van der Waals surface area contributed by atoms with Crippen LogP contribution >= 0.6 is 0 Å². The van der Waals surface area contributed by atoms with E-state index in [0.717, 1.165) is 59.8 Å². The molecular formula is C36H50N4O6S2. The lowest BCUT2D eigenvalue weighted by Gasteiger charge is -2.38. The molecule has 3 aliphatic rings. The van der Waals surface area contributed by atoms with E-state index in [2.05, 4.69) is 20.3 Å². The number of nitrogens with one attached hydrogen (secondary N) is 1. The van der Waals surface area contributed by atoms with Gasteiger partial charge in [0.2, 0.25) is 20.0 Å². The van der Waals surface area contributed by atoms with E-state index in [4.69, 9.17) is 4.74 Å². The van der Waals surface area contributed by atoms with Gasteiger partial charge in [-0.25, -0.2) is 21.6 Å². The largest absolute Gasteiger partial charge is 0.497 e. The van der Waals surface area contributed by atoms with Gasteiger partial charge in [-0.05, 0) is 102 Å². The summed E-state index contributed by atoms with van der Waals surface area (Å²) < 4.78 is 65.7. The number of methoxy groups -OCH3 is 1. The number of fused-ring (bicyclic) bond motifs is 5. The first-order valence-corrected chi connectivity index (χ1v) is 20.2. The van der Waals surface area contributed by atoms with Gasteiger partial charge in [-0.2, -0.15) is 4.31 Å². The Balaban J connectivity index is 1.62. The van der Waals surface area contributed by atoms with Crippen molar-refractivity contribution in [3.8, 4) is 17.0 Å². The molecule has 1 N–H and O–H groups in total. The molecule has 1 saturated heterocycles. The smallest absolute Gasteiger partial charge is 0.264 e. The third kappa shape index (κ3) is 5.76. The van der Waals surface area contributed by atoms with E-state index in [1.54, 1.807) is 23.5 Å². The molecule has 2 aromatic carbocycles. The van der Waals surface area contributed by atoms with Crippen LogP contribution in [0.2, 0.25) is 0 Å². The molecule has 262 valence electrons. The fourth-order valence-electron chi connectivity index (χ4n) is 8.05. The Labute approximate surface area is 285 Å². The summed E-state index contributed by atoms with van der Waals surface area (Å²) in [4.78, 5) is 15.5. The van der Waals surface area contributed by atoms with Crippen molar-refractivity contribution < 1.29 is 26.4 Å². The lowest BCUT2D eigenvalue weighted by Crippen LogP contribution is -2.51. The Morgan fingerprint density at radius 3 is 2.35 bits per heavy atom. The fraction of sp³-hybridized carbons (Fsp3) is 0.583. The Morgan fingerprint density at radius 2 is 1.73 bits per heavy atom. The minimum Gasteiger partial charge on any atom is -0.497 e. The van der Waals surface area contributed by atoms with Crippen LogP contribution < -0.4 is 9.46 Å². The summed E-state index contributed by atoms with van der Waals surface area (Å²) in [5, 5.41) is 0.205. The van der Waals surface area contributed by atoms with Gasteiger partial charge in [0.25, 0.3) is 5.91 Å². The van der Waals surface area contributed by atoms with Crippen LogP contribution in [0.4, 0.5) is 0 Å². The van der Waals surface area contributed by atoms with Crippen molar-refractivity contribution in [2.45, 2.75) is 101 Å². The molecule has 0 radical (unpaired) electrons. The molecule has 1 amide bonds. The number of hydrogen-bond donors (Lipinski definition) is 1. The molecule has 3 heterocycles. The van der Waals surface area contributed by atoms with Gasteiger partial charge in [-0.1, -0.05) is 32.3 Å². The van der Waals surface area contributed by atoms with E-state index in [-0.39, 0.29) is 24.1 Å². The van der Waals surface area contributed by atoms with E-state index < -0.39 is 41.9 Å². The van der Waals surface area contributed by atoms with Gasteiger partial charge in [0.15, 0.2) is 0 Å². The second-order valence-corrected chi connectivity index (χ2v) is 19.3. The summed E-state index contributed by atoms with van der Waals surface area (Å²) in [7, 11) is -2.11. The minimum atomic E-state index is -3.86. The molecule has 1 saturated carbocycles. The second-order valence-electron chi connectivity index (χ2n) is 14.7. The number of sulfonamides is 2. The zero-order valence-electron chi connectivity index (χ0n) is 29.2. The van der Waals surface area contributed by atoms with Crippen LogP contribution in [-0.2, 0) is 26.6 Å². The molecule has 6 rings (SSSR count). The summed E-state index contributed by atoms with van der Waals surface area (Å²) in [6, 6.07) is 11.5. The molecule has 3 atom stereocenters. The number of rotatable bonds is 8. The number of hydrogen-bond acceptors (Lipinski definition) is 7. The number of benzene rings is 2. The highest BCUT2D eigenvalue weighted by atomic mass is 32.2. The molecule has 48 heavy (non-hydrogen) atoms. The predicted molar refractivity (Wildman–Crippen MR) is 191 cm³/mol. The Bertz CT molecular complexity index is 1950. The Morgan fingerprint density at radius 1 is 1.02 bits per heavy atom. The highest BCUT2D eigenvalue weighted by molar-refractivity contribution is 7.90. The molecule has 2 aliphatic heterocycles. The van der Waals surface area contributed by atoms with Crippen molar-refractivity contribution in [1.82, 2.24) is 18.5 Å². The average Bonchev–Trinajstić information content (AvgIpc) is 3.66. The third-order valence-corrected chi connectivity index (χ3v) is 15.8. The summed E-state index contributed by atoms with van der Waals surface area (Å²) >= 11 is 0. The maximum Gasteiger partial charge on any atom is 0.264 e. The highest BCUT2D eigenvalue weighted by Crippen LogP contribution is 2.52. The number of amides is 1. The van der Waals surface area contributed by atoms with Crippen molar-refractivity contribution >= 4 is 36.9 Å². The molecule has 12 heteroatoms. The maximum absolute atomic E-state index is 15.0. The number of likely N-dealkylation sites (N-methyl/N-ethyl adjacent to an activating group) is 1. The second kappa shape index (κ2) is 12.8. The van der Waals surface area contributed by atoms with Gasteiger partial charge in [-0.15, -0.1) is 0 Å². The quantitative estimate of drug-likeness (QED) is 0.322. The van der Waals surface area contributed by atoms with E-state index in [1.807, 2.05) is 46.1 Å². The number of nitrogens with zero attached hydrogens (tertiary/aromatic N) is 3. The van der Waals surface area contributed by atoms with Crippen molar-refractivity contribution in [2.75, 3.05) is 34.3 Å². The first-order valence-electron chi connectivity index (χ1n) is 17.2. The Hall–Kier alpha value is -2.93. The number of carbonyl (C=O) groups is 1. The maximum atomic E-state index is 15.0. The van der Waals surface area contributed by atoms with Crippen molar-refractivity contribution in [2.24, 2.45) is 0 Å². The topological polar surface area (TPSA) is 118 Å². The zero-order chi connectivity index (χ0) is 34.8. The van der Waals surface area contributed by atoms with E-state index in [9.17, 15) is 21.6 Å². The molecule has 1 aromatic heterocycles. The molecular weight excluding hydrogens is 649 g/mol. The van der Waals surface area contributed by atoms with Crippen molar-refractivity contribution in [1.29, 1.82) is 0 Å². The van der Waals surface area contributed by atoms with Crippen LogP contribution in [-0.4, -0.2) is 86.8 Å². The monoisotopic (exact) mass is 698 g/mol. The summed E-state index contributed by atoms with van der Waals surface area (Å²) in [5.41, 5.74) is 5.02. The van der Waals surface area contributed by atoms with E-state index >= 15 is 0 Å². The first-order chi connectivity index (χ1) is 22.6. The van der Waals surface area contributed by atoms with Gasteiger partial charge < -0.3 is 14.2 Å².